The first-order valence-electron chi connectivity index (χ1n) is 9.72. The summed E-state index contributed by atoms with van der Waals surface area (Å²) in [5.74, 6) is 0.262. The summed E-state index contributed by atoms with van der Waals surface area (Å²) in [5, 5.41) is 16.5. The van der Waals surface area contributed by atoms with E-state index in [1.165, 1.54) is 11.1 Å². The minimum absolute atomic E-state index is 0.256. The quantitative estimate of drug-likeness (QED) is 0.686. The van der Waals surface area contributed by atoms with Gasteiger partial charge in [-0.25, -0.2) is 0 Å². The molecule has 0 bridgehead atoms. The van der Waals surface area contributed by atoms with E-state index in [-0.39, 0.29) is 11.8 Å². The van der Waals surface area contributed by atoms with Gasteiger partial charge in [0.2, 0.25) is 0 Å². The van der Waals surface area contributed by atoms with Crippen molar-refractivity contribution in [2.24, 2.45) is 5.10 Å². The fraction of sp³-hybridized carbons (Fsp3) is 0.208. The van der Waals surface area contributed by atoms with Gasteiger partial charge in [0, 0.05) is 31.7 Å². The predicted octanol–water partition coefficient (Wildman–Crippen LogP) is 4.13. The molecule has 3 aromatic rings. The van der Waals surface area contributed by atoms with Crippen molar-refractivity contribution in [3.05, 3.63) is 102 Å². The Labute approximate surface area is 166 Å². The molecular formula is C24H25N3O. The molecule has 28 heavy (non-hydrogen) atoms. The molecule has 0 saturated carbocycles. The van der Waals surface area contributed by atoms with Gasteiger partial charge in [-0.2, -0.15) is 5.10 Å². The standard InChI is InChI=1S/C24H25N3O/c28-23-14-8-7-13-22(23)19-25-27-17-15-26(16-18-27)24(20-9-3-1-4-10-20)21-11-5-2-6-12-21/h1-14,19,24,28H,15-18H2/b25-19-. The van der Waals surface area contributed by atoms with Crippen molar-refractivity contribution in [2.45, 2.75) is 6.04 Å². The molecule has 4 heteroatoms. The Balaban J connectivity index is 1.47. The van der Waals surface area contributed by atoms with Crippen LogP contribution >= 0.6 is 0 Å². The van der Waals surface area contributed by atoms with E-state index < -0.39 is 0 Å². The molecule has 0 atom stereocenters. The SMILES string of the molecule is Oc1ccccc1/C=N\N1CCN(C(c2ccccc2)c2ccccc2)CC1. The maximum absolute atomic E-state index is 9.89. The van der Waals surface area contributed by atoms with Crippen LogP contribution in [-0.4, -0.2) is 47.4 Å². The van der Waals surface area contributed by atoms with Crippen molar-refractivity contribution < 1.29 is 5.11 Å². The molecule has 0 amide bonds. The van der Waals surface area contributed by atoms with Crippen LogP contribution in [0, 0.1) is 0 Å². The molecule has 0 radical (unpaired) electrons. The van der Waals surface area contributed by atoms with Gasteiger partial charge in [0.25, 0.3) is 0 Å². The van der Waals surface area contributed by atoms with E-state index in [1.54, 1.807) is 12.3 Å². The predicted molar refractivity (Wildman–Crippen MR) is 114 cm³/mol. The Hall–Kier alpha value is -3.11. The van der Waals surface area contributed by atoms with Crippen molar-refractivity contribution >= 4 is 6.21 Å². The zero-order chi connectivity index (χ0) is 19.2. The number of nitrogens with zero attached hydrogens (tertiary/aromatic N) is 3. The molecular weight excluding hydrogens is 346 g/mol. The van der Waals surface area contributed by atoms with Crippen LogP contribution in [0.4, 0.5) is 0 Å². The third-order valence-corrected chi connectivity index (χ3v) is 5.18. The van der Waals surface area contributed by atoms with E-state index in [0.29, 0.717) is 0 Å². The van der Waals surface area contributed by atoms with Gasteiger partial charge in [0.15, 0.2) is 0 Å². The third kappa shape index (κ3) is 4.24. The van der Waals surface area contributed by atoms with Crippen LogP contribution in [0.1, 0.15) is 22.7 Å². The van der Waals surface area contributed by atoms with Crippen molar-refractivity contribution in [3.8, 4) is 5.75 Å². The minimum atomic E-state index is 0.256. The summed E-state index contributed by atoms with van der Waals surface area (Å²) in [6.07, 6.45) is 1.75. The average molecular weight is 371 g/mol. The number of para-hydroxylation sites is 1. The van der Waals surface area contributed by atoms with Gasteiger partial charge in [0.1, 0.15) is 5.75 Å². The highest BCUT2D eigenvalue weighted by atomic mass is 16.3. The van der Waals surface area contributed by atoms with Crippen LogP contribution in [0.3, 0.4) is 0 Å². The molecule has 1 aliphatic heterocycles. The van der Waals surface area contributed by atoms with E-state index in [0.717, 1.165) is 31.7 Å². The Kier molecular flexibility index (Phi) is 5.69. The molecule has 0 spiro atoms. The summed E-state index contributed by atoms with van der Waals surface area (Å²) >= 11 is 0. The third-order valence-electron chi connectivity index (χ3n) is 5.18. The molecule has 1 N–H and O–H groups in total. The smallest absolute Gasteiger partial charge is 0.124 e. The normalized spacial score (nSPS) is 15.4. The fourth-order valence-electron chi connectivity index (χ4n) is 3.71. The Bertz CT molecular complexity index is 864. The van der Waals surface area contributed by atoms with Gasteiger partial charge in [-0.1, -0.05) is 72.8 Å². The Morgan fingerprint density at radius 2 is 1.25 bits per heavy atom. The summed E-state index contributed by atoms with van der Waals surface area (Å²) < 4.78 is 0. The lowest BCUT2D eigenvalue weighted by atomic mass is 9.96. The van der Waals surface area contributed by atoms with Crippen molar-refractivity contribution in [1.82, 2.24) is 9.91 Å². The van der Waals surface area contributed by atoms with Crippen molar-refractivity contribution in [1.29, 1.82) is 0 Å². The second-order valence-corrected chi connectivity index (χ2v) is 7.02. The number of hydrogen-bond acceptors (Lipinski definition) is 4. The van der Waals surface area contributed by atoms with E-state index in [9.17, 15) is 5.11 Å². The van der Waals surface area contributed by atoms with Crippen LogP contribution in [0.2, 0.25) is 0 Å². The molecule has 1 saturated heterocycles. The van der Waals surface area contributed by atoms with Gasteiger partial charge in [-0.3, -0.25) is 9.91 Å². The molecule has 142 valence electrons. The van der Waals surface area contributed by atoms with Gasteiger partial charge in [0.05, 0.1) is 12.3 Å². The van der Waals surface area contributed by atoms with Gasteiger partial charge in [-0.05, 0) is 23.3 Å². The van der Waals surface area contributed by atoms with E-state index in [2.05, 4.69) is 75.7 Å². The lowest BCUT2D eigenvalue weighted by molar-refractivity contribution is 0.113. The lowest BCUT2D eigenvalue weighted by Gasteiger charge is -2.38. The number of phenolic OH excluding ortho intramolecular Hbond substituents is 1. The number of phenols is 1. The number of benzene rings is 3. The van der Waals surface area contributed by atoms with Crippen LogP contribution in [0.15, 0.2) is 90.0 Å². The fourth-order valence-corrected chi connectivity index (χ4v) is 3.71. The molecule has 4 rings (SSSR count). The second-order valence-electron chi connectivity index (χ2n) is 7.02. The van der Waals surface area contributed by atoms with Gasteiger partial charge in [-0.15, -0.1) is 0 Å². The number of aromatic hydroxyl groups is 1. The molecule has 1 heterocycles. The molecule has 0 aromatic heterocycles. The Morgan fingerprint density at radius 3 is 1.82 bits per heavy atom. The minimum Gasteiger partial charge on any atom is -0.507 e. The molecule has 3 aromatic carbocycles. The van der Waals surface area contributed by atoms with Crippen LogP contribution < -0.4 is 0 Å². The summed E-state index contributed by atoms with van der Waals surface area (Å²) in [6.45, 7) is 3.60. The van der Waals surface area contributed by atoms with Crippen LogP contribution in [0.25, 0.3) is 0 Å². The van der Waals surface area contributed by atoms with Gasteiger partial charge < -0.3 is 5.11 Å². The largest absolute Gasteiger partial charge is 0.507 e. The molecule has 1 fully saturated rings. The first kappa shape index (κ1) is 18.3. The number of rotatable bonds is 5. The molecule has 0 aliphatic carbocycles. The average Bonchev–Trinajstić information content (AvgIpc) is 2.76. The number of hydrazone groups is 1. The Morgan fingerprint density at radius 1 is 0.714 bits per heavy atom. The van der Waals surface area contributed by atoms with Crippen molar-refractivity contribution in [3.63, 3.8) is 0 Å². The number of hydrogen-bond donors (Lipinski definition) is 1. The van der Waals surface area contributed by atoms with E-state index >= 15 is 0 Å². The highest BCUT2D eigenvalue weighted by Crippen LogP contribution is 2.29. The zero-order valence-corrected chi connectivity index (χ0v) is 15.9. The molecule has 1 aliphatic rings. The highest BCUT2D eigenvalue weighted by molar-refractivity contribution is 5.82. The summed E-state index contributed by atoms with van der Waals surface area (Å²) in [5.41, 5.74) is 3.39. The first-order chi connectivity index (χ1) is 13.8. The van der Waals surface area contributed by atoms with Crippen LogP contribution in [-0.2, 0) is 0 Å². The number of piperazine rings is 1. The van der Waals surface area contributed by atoms with Gasteiger partial charge >= 0.3 is 0 Å². The summed E-state index contributed by atoms with van der Waals surface area (Å²) in [6, 6.07) is 28.9. The molecule has 4 nitrogen and oxygen atoms in total. The summed E-state index contributed by atoms with van der Waals surface area (Å²) in [7, 11) is 0. The van der Waals surface area contributed by atoms with Crippen LogP contribution in [0.5, 0.6) is 5.75 Å². The summed E-state index contributed by atoms with van der Waals surface area (Å²) in [4.78, 5) is 2.52. The van der Waals surface area contributed by atoms with Crippen molar-refractivity contribution in [2.75, 3.05) is 26.2 Å². The maximum Gasteiger partial charge on any atom is 0.124 e. The zero-order valence-electron chi connectivity index (χ0n) is 15.9. The molecule has 0 unspecified atom stereocenters. The monoisotopic (exact) mass is 371 g/mol. The lowest BCUT2D eigenvalue weighted by Crippen LogP contribution is -2.45. The first-order valence-corrected chi connectivity index (χ1v) is 9.72. The maximum atomic E-state index is 9.89. The van der Waals surface area contributed by atoms with E-state index in [4.69, 9.17) is 0 Å². The topological polar surface area (TPSA) is 39.1 Å². The second kappa shape index (κ2) is 8.72. The van der Waals surface area contributed by atoms with E-state index in [1.807, 2.05) is 18.2 Å². The highest BCUT2D eigenvalue weighted by Gasteiger charge is 2.25.